The number of aliphatic hydroxyl groups excluding tert-OH is 2. The fourth-order valence-electron chi connectivity index (χ4n) is 1.41. The number of aliphatic hydroxyl groups is 3. The molecule has 0 saturated carbocycles. The third-order valence-corrected chi connectivity index (χ3v) is 2.93. The molecule has 0 aliphatic heterocycles. The Morgan fingerprint density at radius 1 is 1.21 bits per heavy atom. The Morgan fingerprint density at radius 3 is 2.21 bits per heavy atom. The number of carbonyl (C=O) groups is 2. The molecule has 0 fully saturated rings. The van der Waals surface area contributed by atoms with E-state index >= 15 is 0 Å². The second kappa shape index (κ2) is 8.08. The van der Waals surface area contributed by atoms with Crippen molar-refractivity contribution in [3.8, 4) is 0 Å². The first-order chi connectivity index (χ1) is 8.77. The van der Waals surface area contributed by atoms with Crippen molar-refractivity contribution in [2.24, 2.45) is 0 Å². The number of carboxylic acid groups (broad SMARTS) is 1. The number of unbranched alkanes of at least 4 members (excludes halogenated alkanes) is 1. The highest BCUT2D eigenvalue weighted by molar-refractivity contribution is 5.84. The number of aliphatic carboxylic acids is 1. The van der Waals surface area contributed by atoms with E-state index < -0.39 is 29.7 Å². The van der Waals surface area contributed by atoms with Crippen LogP contribution >= 0.6 is 0 Å². The Morgan fingerprint density at radius 2 is 1.79 bits per heavy atom. The van der Waals surface area contributed by atoms with Gasteiger partial charge in [-0.1, -0.05) is 26.7 Å². The first-order valence-corrected chi connectivity index (χ1v) is 6.25. The van der Waals surface area contributed by atoms with Gasteiger partial charge in [-0.05, 0) is 12.8 Å². The highest BCUT2D eigenvalue weighted by atomic mass is 16.6. The van der Waals surface area contributed by atoms with E-state index in [0.717, 1.165) is 12.8 Å². The van der Waals surface area contributed by atoms with Gasteiger partial charge in [0.2, 0.25) is 0 Å². The number of hydrogen-bond acceptors (Lipinski definition) is 6. The first-order valence-electron chi connectivity index (χ1n) is 6.25. The molecule has 0 amide bonds. The van der Waals surface area contributed by atoms with Crippen LogP contribution in [0.3, 0.4) is 0 Å². The topological polar surface area (TPSA) is 124 Å². The second-order valence-corrected chi connectivity index (χ2v) is 4.52. The molecule has 0 aromatic carbocycles. The van der Waals surface area contributed by atoms with E-state index in [-0.39, 0.29) is 6.61 Å². The molecule has 0 aliphatic rings. The van der Waals surface area contributed by atoms with Crippen LogP contribution < -0.4 is 0 Å². The number of carboxylic acids is 1. The molecule has 3 atom stereocenters. The molecule has 0 rings (SSSR count). The zero-order valence-electron chi connectivity index (χ0n) is 11.2. The number of hydrogen-bond donors (Lipinski definition) is 4. The van der Waals surface area contributed by atoms with Gasteiger partial charge in [-0.3, -0.25) is 0 Å². The molecule has 0 aromatic heterocycles. The van der Waals surface area contributed by atoms with Gasteiger partial charge >= 0.3 is 11.9 Å². The Balaban J connectivity index is 4.37. The molecule has 7 heteroatoms. The van der Waals surface area contributed by atoms with Gasteiger partial charge < -0.3 is 25.2 Å². The van der Waals surface area contributed by atoms with E-state index in [2.05, 4.69) is 4.74 Å². The van der Waals surface area contributed by atoms with Crippen LogP contribution in [-0.2, 0) is 14.3 Å². The van der Waals surface area contributed by atoms with Gasteiger partial charge in [-0.2, -0.15) is 0 Å². The van der Waals surface area contributed by atoms with Crippen LogP contribution in [0.4, 0.5) is 0 Å². The van der Waals surface area contributed by atoms with Crippen molar-refractivity contribution in [3.63, 3.8) is 0 Å². The molecule has 3 unspecified atom stereocenters. The van der Waals surface area contributed by atoms with E-state index in [1.807, 2.05) is 6.92 Å². The van der Waals surface area contributed by atoms with Gasteiger partial charge in [0.15, 0.2) is 12.2 Å². The largest absolute Gasteiger partial charge is 0.479 e. The zero-order valence-corrected chi connectivity index (χ0v) is 11.2. The van der Waals surface area contributed by atoms with Crippen molar-refractivity contribution < 1.29 is 34.8 Å². The molecule has 19 heavy (non-hydrogen) atoms. The first kappa shape index (κ1) is 17.8. The summed E-state index contributed by atoms with van der Waals surface area (Å²) in [5.74, 6) is -2.99. The molecule has 0 saturated heterocycles. The van der Waals surface area contributed by atoms with Crippen LogP contribution in [0.15, 0.2) is 0 Å². The highest BCUT2D eigenvalue weighted by Gasteiger charge is 2.33. The monoisotopic (exact) mass is 278 g/mol. The van der Waals surface area contributed by atoms with E-state index in [1.54, 1.807) is 6.92 Å². The quantitative estimate of drug-likeness (QED) is 0.425. The lowest BCUT2D eigenvalue weighted by atomic mass is 9.95. The van der Waals surface area contributed by atoms with Crippen molar-refractivity contribution in [2.45, 2.75) is 57.3 Å². The summed E-state index contributed by atoms with van der Waals surface area (Å²) < 4.78 is 4.67. The van der Waals surface area contributed by atoms with Crippen LogP contribution in [0.5, 0.6) is 0 Å². The standard InChI is InChI=1S/C12H22O7/c1-3-5-6-12(18,4-2)7-19-11(17)9(14)8(13)10(15)16/h8-9,13-14,18H,3-7H2,1-2H3,(H,15,16). The molecule has 4 N–H and O–H groups in total. The minimum absolute atomic E-state index is 0.342. The molecular formula is C12H22O7. The summed E-state index contributed by atoms with van der Waals surface area (Å²) in [6, 6.07) is 0. The van der Waals surface area contributed by atoms with E-state index in [9.17, 15) is 19.8 Å². The zero-order chi connectivity index (χ0) is 15.1. The molecule has 0 radical (unpaired) electrons. The minimum Gasteiger partial charge on any atom is -0.479 e. The van der Waals surface area contributed by atoms with Gasteiger partial charge in [0, 0.05) is 0 Å². The summed E-state index contributed by atoms with van der Waals surface area (Å²) in [6.45, 7) is 3.34. The summed E-state index contributed by atoms with van der Waals surface area (Å²) >= 11 is 0. The maximum Gasteiger partial charge on any atom is 0.338 e. The van der Waals surface area contributed by atoms with Crippen molar-refractivity contribution in [3.05, 3.63) is 0 Å². The number of esters is 1. The number of ether oxygens (including phenoxy) is 1. The van der Waals surface area contributed by atoms with Gasteiger partial charge in [-0.15, -0.1) is 0 Å². The Bertz CT molecular complexity index is 304. The molecule has 112 valence electrons. The Labute approximate surface area is 111 Å². The molecule has 0 spiro atoms. The second-order valence-electron chi connectivity index (χ2n) is 4.52. The molecule has 0 heterocycles. The molecule has 0 bridgehead atoms. The molecule has 7 nitrogen and oxygen atoms in total. The van der Waals surface area contributed by atoms with Gasteiger partial charge in [0.1, 0.15) is 6.61 Å². The minimum atomic E-state index is -2.24. The van der Waals surface area contributed by atoms with Crippen molar-refractivity contribution in [2.75, 3.05) is 6.61 Å². The van der Waals surface area contributed by atoms with E-state index in [1.165, 1.54) is 0 Å². The van der Waals surface area contributed by atoms with Gasteiger partial charge in [0.05, 0.1) is 5.60 Å². The van der Waals surface area contributed by atoms with Crippen molar-refractivity contribution in [1.29, 1.82) is 0 Å². The summed E-state index contributed by atoms with van der Waals surface area (Å²) in [5, 5.41) is 36.7. The van der Waals surface area contributed by atoms with Crippen LogP contribution in [0.2, 0.25) is 0 Å². The Kier molecular flexibility index (Phi) is 7.58. The number of carbonyl (C=O) groups excluding carboxylic acids is 1. The predicted molar refractivity (Wildman–Crippen MR) is 65.4 cm³/mol. The SMILES string of the molecule is CCCCC(O)(CC)COC(=O)C(O)C(O)C(=O)O. The molecule has 0 aromatic rings. The van der Waals surface area contributed by atoms with Crippen LogP contribution in [-0.4, -0.2) is 56.8 Å². The van der Waals surface area contributed by atoms with Crippen molar-refractivity contribution >= 4 is 11.9 Å². The predicted octanol–water partition coefficient (Wildman–Crippen LogP) is -0.333. The number of rotatable bonds is 9. The summed E-state index contributed by atoms with van der Waals surface area (Å²) in [6.07, 6.45) is -1.98. The molecular weight excluding hydrogens is 256 g/mol. The van der Waals surface area contributed by atoms with E-state index in [4.69, 9.17) is 10.2 Å². The summed E-state index contributed by atoms with van der Waals surface area (Å²) in [4.78, 5) is 21.7. The molecule has 0 aliphatic carbocycles. The lowest BCUT2D eigenvalue weighted by Gasteiger charge is -2.26. The van der Waals surface area contributed by atoms with Gasteiger partial charge in [-0.25, -0.2) is 9.59 Å². The highest BCUT2D eigenvalue weighted by Crippen LogP contribution is 2.19. The average Bonchev–Trinajstić information content (AvgIpc) is 2.40. The summed E-state index contributed by atoms with van der Waals surface area (Å²) in [5.41, 5.74) is -1.19. The van der Waals surface area contributed by atoms with Crippen LogP contribution in [0.1, 0.15) is 39.5 Å². The smallest absolute Gasteiger partial charge is 0.338 e. The Hall–Kier alpha value is -1.18. The fraction of sp³-hybridized carbons (Fsp3) is 0.833. The van der Waals surface area contributed by atoms with E-state index in [0.29, 0.717) is 12.8 Å². The third-order valence-electron chi connectivity index (χ3n) is 2.93. The summed E-state index contributed by atoms with van der Waals surface area (Å²) in [7, 11) is 0. The normalized spacial score (nSPS) is 17.3. The average molecular weight is 278 g/mol. The van der Waals surface area contributed by atoms with Crippen molar-refractivity contribution in [1.82, 2.24) is 0 Å². The maximum atomic E-state index is 11.3. The van der Waals surface area contributed by atoms with Gasteiger partial charge in [0.25, 0.3) is 0 Å². The third kappa shape index (κ3) is 6.00. The lowest BCUT2D eigenvalue weighted by molar-refractivity contribution is -0.174. The van der Waals surface area contributed by atoms with Crippen LogP contribution in [0, 0.1) is 0 Å². The fourth-order valence-corrected chi connectivity index (χ4v) is 1.41. The maximum absolute atomic E-state index is 11.3. The van der Waals surface area contributed by atoms with Crippen LogP contribution in [0.25, 0.3) is 0 Å². The lowest BCUT2D eigenvalue weighted by Crippen LogP contribution is -2.43.